The molecule has 1 atom stereocenters. The Bertz CT molecular complexity index is 1340. The number of nitrogens with zero attached hydrogens (tertiary/aromatic N) is 2. The third-order valence-electron chi connectivity index (χ3n) is 5.44. The summed E-state index contributed by atoms with van der Waals surface area (Å²) in [5.74, 6) is -0.410. The fourth-order valence-corrected chi connectivity index (χ4v) is 4.61. The molecule has 4 aromatic rings. The molecule has 0 saturated carbocycles. The van der Waals surface area contributed by atoms with Gasteiger partial charge in [0.05, 0.1) is 17.0 Å². The van der Waals surface area contributed by atoms with Crippen molar-refractivity contribution in [2.24, 2.45) is 5.73 Å². The van der Waals surface area contributed by atoms with Crippen LogP contribution in [0.15, 0.2) is 60.9 Å². The van der Waals surface area contributed by atoms with E-state index in [0.29, 0.717) is 28.5 Å². The Morgan fingerprint density at radius 2 is 1.89 bits per heavy atom. The summed E-state index contributed by atoms with van der Waals surface area (Å²) in [6.45, 7) is 0.202. The van der Waals surface area contributed by atoms with Crippen molar-refractivity contribution in [3.05, 3.63) is 77.7 Å². The van der Waals surface area contributed by atoms with Crippen LogP contribution in [-0.2, 0) is 12.6 Å². The molecule has 36 heavy (non-hydrogen) atoms. The van der Waals surface area contributed by atoms with Crippen LogP contribution in [0.1, 0.15) is 21.6 Å². The number of anilines is 1. The van der Waals surface area contributed by atoms with Gasteiger partial charge in [-0.3, -0.25) is 9.78 Å². The maximum Gasteiger partial charge on any atom is 0.416 e. The molecule has 11 heteroatoms. The van der Waals surface area contributed by atoms with Gasteiger partial charge in [0.2, 0.25) is 0 Å². The lowest BCUT2D eigenvalue weighted by molar-refractivity contribution is -0.137. The minimum absolute atomic E-state index is 0.0972. The molecule has 0 radical (unpaired) electrons. The van der Waals surface area contributed by atoms with Crippen molar-refractivity contribution in [1.29, 1.82) is 0 Å². The van der Waals surface area contributed by atoms with Crippen molar-refractivity contribution in [1.82, 2.24) is 15.3 Å². The summed E-state index contributed by atoms with van der Waals surface area (Å²) in [6.07, 6.45) is -0.565. The number of aromatic nitrogens is 2. The third-order valence-corrected chi connectivity index (χ3v) is 6.50. The molecule has 0 aliphatic carbocycles. The number of carbonyl (C=O) groups excluding carboxylic acids is 1. The van der Waals surface area contributed by atoms with Gasteiger partial charge in [-0.1, -0.05) is 35.6 Å². The lowest BCUT2D eigenvalue weighted by Crippen LogP contribution is -2.31. The number of benzene rings is 2. The van der Waals surface area contributed by atoms with Gasteiger partial charge in [0.1, 0.15) is 5.69 Å². The van der Waals surface area contributed by atoms with Crippen LogP contribution in [0.25, 0.3) is 21.2 Å². The first-order valence-corrected chi connectivity index (χ1v) is 12.0. The maximum absolute atomic E-state index is 12.8. The molecule has 188 valence electrons. The van der Waals surface area contributed by atoms with Crippen molar-refractivity contribution in [2.45, 2.75) is 18.6 Å². The molecule has 1 amide bonds. The number of amides is 1. The number of hydrogen-bond acceptors (Lipinski definition) is 7. The second kappa shape index (κ2) is 11.0. The molecule has 0 bridgehead atoms. The largest absolute Gasteiger partial charge is 0.416 e. The fraction of sp³-hybridized carbons (Fsp3) is 0.240. The number of aliphatic hydroxyl groups is 1. The van der Waals surface area contributed by atoms with Crippen LogP contribution in [0.5, 0.6) is 0 Å². The number of fused-ring (bicyclic) bond motifs is 1. The highest BCUT2D eigenvalue weighted by molar-refractivity contribution is 7.19. The van der Waals surface area contributed by atoms with E-state index >= 15 is 0 Å². The van der Waals surface area contributed by atoms with Gasteiger partial charge in [0.15, 0.2) is 5.13 Å². The number of nitrogens with two attached hydrogens (primary N) is 1. The maximum atomic E-state index is 12.8. The highest BCUT2D eigenvalue weighted by atomic mass is 32.1. The van der Waals surface area contributed by atoms with Gasteiger partial charge in [-0.15, -0.1) is 0 Å². The van der Waals surface area contributed by atoms with Crippen molar-refractivity contribution in [3.8, 4) is 10.4 Å². The number of pyridine rings is 1. The smallest absolute Gasteiger partial charge is 0.395 e. The number of halogens is 3. The molecule has 0 aliphatic heterocycles. The van der Waals surface area contributed by atoms with E-state index in [1.54, 1.807) is 12.4 Å². The van der Waals surface area contributed by atoms with Gasteiger partial charge in [-0.25, -0.2) is 4.98 Å². The van der Waals surface area contributed by atoms with Crippen LogP contribution in [0.3, 0.4) is 0 Å². The second-order valence-corrected chi connectivity index (χ2v) is 9.15. The van der Waals surface area contributed by atoms with Crippen molar-refractivity contribution >= 4 is 33.1 Å². The normalized spacial score (nSPS) is 12.5. The van der Waals surface area contributed by atoms with Crippen LogP contribution in [0.4, 0.5) is 18.3 Å². The molecule has 7 nitrogen and oxygen atoms in total. The Hall–Kier alpha value is -3.54. The van der Waals surface area contributed by atoms with Gasteiger partial charge in [-0.05, 0) is 47.2 Å². The molecular formula is C25H24F3N5O2S. The minimum atomic E-state index is -4.38. The summed E-state index contributed by atoms with van der Waals surface area (Å²) in [4.78, 5) is 22.0. The first-order valence-electron chi connectivity index (χ1n) is 11.1. The monoisotopic (exact) mass is 515 g/mol. The van der Waals surface area contributed by atoms with E-state index in [9.17, 15) is 18.0 Å². The minimum Gasteiger partial charge on any atom is -0.395 e. The molecule has 5 N–H and O–H groups in total. The van der Waals surface area contributed by atoms with Crippen molar-refractivity contribution in [3.63, 3.8) is 0 Å². The van der Waals surface area contributed by atoms with Crippen LogP contribution >= 0.6 is 11.3 Å². The number of rotatable bonds is 9. The average Bonchev–Trinajstić information content (AvgIpc) is 3.30. The van der Waals surface area contributed by atoms with E-state index in [0.717, 1.165) is 28.5 Å². The molecule has 0 aliphatic rings. The number of alkyl halides is 3. The summed E-state index contributed by atoms with van der Waals surface area (Å²) >= 11 is 1.29. The molecule has 0 saturated heterocycles. The van der Waals surface area contributed by atoms with Gasteiger partial charge in [0, 0.05) is 36.9 Å². The van der Waals surface area contributed by atoms with Crippen LogP contribution < -0.4 is 16.4 Å². The zero-order valence-electron chi connectivity index (χ0n) is 19.0. The lowest BCUT2D eigenvalue weighted by Gasteiger charge is -2.13. The summed E-state index contributed by atoms with van der Waals surface area (Å²) in [5, 5.41) is 17.3. The Balaban J connectivity index is 1.50. The summed E-state index contributed by atoms with van der Waals surface area (Å²) < 4.78 is 38.3. The third kappa shape index (κ3) is 6.17. The summed E-state index contributed by atoms with van der Waals surface area (Å²) in [6, 6.07) is 12.2. The van der Waals surface area contributed by atoms with Gasteiger partial charge in [-0.2, -0.15) is 13.2 Å². The molecular weight excluding hydrogens is 491 g/mol. The van der Waals surface area contributed by atoms with E-state index in [2.05, 4.69) is 20.6 Å². The first-order chi connectivity index (χ1) is 17.2. The van der Waals surface area contributed by atoms with E-state index < -0.39 is 23.7 Å². The number of aliphatic hydroxyl groups excluding tert-OH is 1. The van der Waals surface area contributed by atoms with Crippen LogP contribution in [0.2, 0.25) is 0 Å². The standard InChI is InChI=1S/C25H24F3N5O2S/c26-25(27,28)19-5-1-15(2-6-19)11-20(29)14-32-24-33-21(23(35)31-9-10-34)22(36-24)17-3-4-18-13-30-8-7-16(18)12-17/h1-8,12-13,20,34H,9-11,14,29H2,(H,31,35)(H,32,33)/t20-/m0/s1. The van der Waals surface area contributed by atoms with E-state index in [1.807, 2.05) is 24.3 Å². The molecule has 2 aromatic carbocycles. The fourth-order valence-electron chi connectivity index (χ4n) is 3.65. The van der Waals surface area contributed by atoms with Crippen LogP contribution in [-0.4, -0.2) is 46.7 Å². The number of hydrogen-bond donors (Lipinski definition) is 4. The predicted octanol–water partition coefficient (Wildman–Crippen LogP) is 4.08. The molecule has 2 heterocycles. The Morgan fingerprint density at radius 3 is 2.61 bits per heavy atom. The van der Waals surface area contributed by atoms with Gasteiger partial charge in [0.25, 0.3) is 5.91 Å². The molecule has 2 aromatic heterocycles. The number of nitrogens with one attached hydrogen (secondary N) is 2. The Morgan fingerprint density at radius 1 is 1.11 bits per heavy atom. The number of carbonyl (C=O) groups is 1. The topological polar surface area (TPSA) is 113 Å². The SMILES string of the molecule is N[C@H](CNc1nc(C(=O)NCCO)c(-c2ccc3cnccc3c2)s1)Cc1ccc(C(F)(F)F)cc1. The Labute approximate surface area is 209 Å². The van der Waals surface area contributed by atoms with Crippen molar-refractivity contribution < 1.29 is 23.1 Å². The highest BCUT2D eigenvalue weighted by Gasteiger charge is 2.30. The van der Waals surface area contributed by atoms with Crippen LogP contribution in [0, 0.1) is 0 Å². The van der Waals surface area contributed by atoms with Crippen molar-refractivity contribution in [2.75, 3.05) is 25.0 Å². The molecule has 0 fully saturated rings. The Kier molecular flexibility index (Phi) is 7.82. The molecule has 0 unspecified atom stereocenters. The number of thiazole rings is 1. The van der Waals surface area contributed by atoms with Gasteiger partial charge < -0.3 is 21.5 Å². The lowest BCUT2D eigenvalue weighted by atomic mass is 10.0. The summed E-state index contributed by atoms with van der Waals surface area (Å²) in [7, 11) is 0. The second-order valence-electron chi connectivity index (χ2n) is 8.15. The van der Waals surface area contributed by atoms with Gasteiger partial charge >= 0.3 is 6.18 Å². The quantitative estimate of drug-likeness (QED) is 0.267. The van der Waals surface area contributed by atoms with E-state index in [1.165, 1.54) is 23.5 Å². The first kappa shape index (κ1) is 25.5. The van der Waals surface area contributed by atoms with E-state index in [-0.39, 0.29) is 18.8 Å². The highest BCUT2D eigenvalue weighted by Crippen LogP contribution is 2.35. The summed E-state index contributed by atoms with van der Waals surface area (Å²) in [5.41, 5.74) is 7.21. The zero-order chi connectivity index (χ0) is 25.7. The average molecular weight is 516 g/mol. The molecule has 0 spiro atoms. The zero-order valence-corrected chi connectivity index (χ0v) is 19.9. The molecule has 4 rings (SSSR count). The van der Waals surface area contributed by atoms with E-state index in [4.69, 9.17) is 10.8 Å². The predicted molar refractivity (Wildman–Crippen MR) is 134 cm³/mol.